The van der Waals surface area contributed by atoms with Gasteiger partial charge >= 0.3 is 65.7 Å². The van der Waals surface area contributed by atoms with Crippen LogP contribution in [0.5, 0.6) is 23.0 Å². The van der Waals surface area contributed by atoms with Crippen LogP contribution in [0.25, 0.3) is 0 Å². The van der Waals surface area contributed by atoms with Crippen molar-refractivity contribution in [1.29, 1.82) is 0 Å². The molecule has 1 heterocycles. The maximum absolute atomic E-state index is 14.8. The summed E-state index contributed by atoms with van der Waals surface area (Å²) in [4.78, 5) is 141. The molecule has 28 heteroatoms. The van der Waals surface area contributed by atoms with Crippen LogP contribution in [-0.2, 0) is 102 Å². The Labute approximate surface area is 489 Å². The highest BCUT2D eigenvalue weighted by Crippen LogP contribution is 2.60. The summed E-state index contributed by atoms with van der Waals surface area (Å²) in [6.07, 6.45) is 0. The van der Waals surface area contributed by atoms with Crippen LogP contribution < -0.4 is 28.7 Å². The van der Waals surface area contributed by atoms with Crippen molar-refractivity contribution < 1.29 is 114 Å². The summed E-state index contributed by atoms with van der Waals surface area (Å²) in [5, 5.41) is -0.193. The number of esters is 11. The van der Waals surface area contributed by atoms with Crippen LogP contribution >= 0.6 is 23.2 Å². The van der Waals surface area contributed by atoms with Crippen molar-refractivity contribution in [1.82, 2.24) is 0 Å². The number of anilines is 2. The summed E-state index contributed by atoms with van der Waals surface area (Å²) < 4.78 is 69.6. The third-order valence-electron chi connectivity index (χ3n) is 12.3. The molecule has 26 nitrogen and oxygen atoms in total. The number of benzene rings is 4. The molecule has 4 aromatic rings. The monoisotopic (exact) mass is 1210 g/mol. The predicted octanol–water partition coefficient (Wildman–Crippen LogP) is 5.58. The number of ether oxygens (including phenoxy) is 13. The molecular weight excluding hydrogens is 1160 g/mol. The van der Waals surface area contributed by atoms with E-state index in [0.717, 1.165) is 32.6 Å². The third-order valence-corrected chi connectivity index (χ3v) is 12.9. The van der Waals surface area contributed by atoms with Crippen molar-refractivity contribution in [2.24, 2.45) is 0 Å². The quantitative estimate of drug-likeness (QED) is 0.0257. The van der Waals surface area contributed by atoms with Crippen LogP contribution in [0.15, 0.2) is 54.6 Å². The first-order valence-electron chi connectivity index (χ1n) is 25.1. The number of halogens is 2. The molecule has 0 N–H and O–H groups in total. The van der Waals surface area contributed by atoms with E-state index in [9.17, 15) is 52.7 Å². The largest absolute Gasteiger partial charge is 0.488 e. The molecule has 448 valence electrons. The van der Waals surface area contributed by atoms with Gasteiger partial charge in [0.05, 0.1) is 27.0 Å². The molecule has 0 radical (unpaired) electrons. The van der Waals surface area contributed by atoms with Crippen molar-refractivity contribution in [3.63, 3.8) is 0 Å². The average molecular weight is 1210 g/mol. The maximum atomic E-state index is 14.8. The van der Waals surface area contributed by atoms with Gasteiger partial charge in [-0.15, -0.1) is 0 Å². The second-order valence-corrected chi connectivity index (χ2v) is 19.7. The summed E-state index contributed by atoms with van der Waals surface area (Å²) >= 11 is 13.8. The van der Waals surface area contributed by atoms with Crippen LogP contribution in [0.1, 0.15) is 99.1 Å². The summed E-state index contributed by atoms with van der Waals surface area (Å²) in [7, 11) is 0. The summed E-state index contributed by atoms with van der Waals surface area (Å²) in [5.74, 6) is -9.76. The number of rotatable bonds is 25. The molecule has 6 rings (SSSR count). The van der Waals surface area contributed by atoms with Crippen LogP contribution in [0.3, 0.4) is 0 Å². The van der Waals surface area contributed by atoms with Crippen molar-refractivity contribution in [2.75, 3.05) is 76.4 Å². The fourth-order valence-corrected chi connectivity index (χ4v) is 9.20. The Balaban J connectivity index is 1.51. The number of carbonyl (C=O) groups excluding carboxylic acids is 11. The zero-order valence-electron chi connectivity index (χ0n) is 46.7. The second-order valence-electron chi connectivity index (χ2n) is 18.9. The van der Waals surface area contributed by atoms with E-state index >= 15 is 0 Å². The van der Waals surface area contributed by atoms with Crippen LogP contribution in [0.2, 0.25) is 10.0 Å². The Morgan fingerprint density at radius 1 is 0.452 bits per heavy atom. The molecule has 1 spiro atoms. The fourth-order valence-electron chi connectivity index (χ4n) is 8.79. The van der Waals surface area contributed by atoms with E-state index in [1.54, 1.807) is 32.9 Å². The Kier molecular flexibility index (Phi) is 21.1. The van der Waals surface area contributed by atoms with Crippen molar-refractivity contribution in [3.05, 3.63) is 104 Å². The zero-order valence-corrected chi connectivity index (χ0v) is 48.2. The Morgan fingerprint density at radius 2 is 0.833 bits per heavy atom. The maximum Gasteiger partial charge on any atom is 0.340 e. The van der Waals surface area contributed by atoms with Gasteiger partial charge in [-0.25, -0.2) is 4.79 Å². The van der Waals surface area contributed by atoms with Gasteiger partial charge in [-0.3, -0.25) is 47.9 Å². The van der Waals surface area contributed by atoms with E-state index < -0.39 is 137 Å². The summed E-state index contributed by atoms with van der Waals surface area (Å²) in [5.41, 5.74) is -1.44. The number of nitrogens with zero attached hydrogens (tertiary/aromatic N) is 2. The molecule has 0 bridgehead atoms. The van der Waals surface area contributed by atoms with Crippen molar-refractivity contribution in [2.45, 2.75) is 73.3 Å². The molecule has 0 atom stereocenters. The smallest absolute Gasteiger partial charge is 0.340 e. The SMILES string of the molecule is CC(=O)OCOC(=O)CN(CC(=O)OCOC(C)=O)c1ccc(C)cc1OCCOc1cc2c(cc1N(CC(=O)OCOC(C)=O)CC(=O)OCOC(C)=O)C1(OC2=O)c2cc(Cl)c(OC(C)=O)cc2C(C)(C)c2cc(OC(C)=O)c(Cl)cc21. The van der Waals surface area contributed by atoms with Gasteiger partial charge < -0.3 is 71.4 Å². The van der Waals surface area contributed by atoms with E-state index in [4.69, 9.17) is 84.8 Å². The van der Waals surface area contributed by atoms with Gasteiger partial charge in [0.15, 0.2) is 5.60 Å². The lowest BCUT2D eigenvalue weighted by molar-refractivity contribution is -0.167. The molecule has 0 amide bonds. The third kappa shape index (κ3) is 15.9. The van der Waals surface area contributed by atoms with Crippen LogP contribution in [0, 0.1) is 6.92 Å². The lowest BCUT2D eigenvalue weighted by Gasteiger charge is -2.45. The van der Waals surface area contributed by atoms with Gasteiger partial charge in [-0.1, -0.05) is 43.1 Å². The van der Waals surface area contributed by atoms with Crippen molar-refractivity contribution in [3.8, 4) is 23.0 Å². The predicted molar refractivity (Wildman–Crippen MR) is 287 cm³/mol. The van der Waals surface area contributed by atoms with Gasteiger partial charge in [0, 0.05) is 63.6 Å². The average Bonchev–Trinajstić information content (AvgIpc) is 1.46. The molecule has 0 fully saturated rings. The molecule has 0 saturated carbocycles. The normalized spacial score (nSPS) is 12.8. The lowest BCUT2D eigenvalue weighted by Crippen LogP contribution is -2.42. The van der Waals surface area contributed by atoms with Crippen LogP contribution in [0.4, 0.5) is 11.4 Å². The summed E-state index contributed by atoms with van der Waals surface area (Å²) in [6.45, 7) is 5.12. The second kappa shape index (κ2) is 27.7. The van der Waals surface area contributed by atoms with E-state index in [-0.39, 0.29) is 73.3 Å². The molecule has 84 heavy (non-hydrogen) atoms. The van der Waals surface area contributed by atoms with Gasteiger partial charge in [0.1, 0.15) is 62.4 Å². The van der Waals surface area contributed by atoms with Gasteiger partial charge in [-0.2, -0.15) is 0 Å². The first-order valence-corrected chi connectivity index (χ1v) is 25.9. The minimum absolute atomic E-state index is 0.0329. The molecule has 0 aromatic heterocycles. The topological polar surface area (TPSA) is 314 Å². The van der Waals surface area contributed by atoms with E-state index in [2.05, 4.69) is 0 Å². The van der Waals surface area contributed by atoms with Crippen molar-refractivity contribution >= 4 is 100 Å². The van der Waals surface area contributed by atoms with Gasteiger partial charge in [-0.05, 0) is 72.1 Å². The number of carbonyl (C=O) groups is 11. The highest BCUT2D eigenvalue weighted by Gasteiger charge is 2.57. The molecular formula is C56H56Cl2N2O24. The van der Waals surface area contributed by atoms with Gasteiger partial charge in [0.25, 0.3) is 0 Å². The highest BCUT2D eigenvalue weighted by atomic mass is 35.5. The highest BCUT2D eigenvalue weighted by molar-refractivity contribution is 6.33. The van der Waals surface area contributed by atoms with E-state index in [1.165, 1.54) is 61.2 Å². The van der Waals surface area contributed by atoms with E-state index in [1.807, 2.05) is 0 Å². The molecule has 1 aliphatic carbocycles. The molecule has 4 aromatic carbocycles. The number of hydrogen-bond donors (Lipinski definition) is 0. The number of fused-ring (bicyclic) bond motifs is 6. The molecule has 0 unspecified atom stereocenters. The van der Waals surface area contributed by atoms with Crippen LogP contribution in [-0.4, -0.2) is 132 Å². The Bertz CT molecular complexity index is 3160. The van der Waals surface area contributed by atoms with Gasteiger partial charge in [0.2, 0.25) is 27.2 Å². The standard InChI is InChI=1S/C56H56Cl2N2O24/c1-29-10-11-44(59(21-50(67)78-25-74-30(2)61)22-51(68)79-26-75-31(3)62)48(14-29)72-12-13-73-49-15-36-37(18-45(49)60(23-52(69)80-27-76-32(4)63)24-53(70)81-28-77-33(5)64)56(84-54(36)71)40-16-42(57)46(82-34(6)65)19-38(40)55(8,9)39-20-47(83-35(7)66)43(58)17-41(39)56/h10-11,14-20H,12-13,21-28H2,1-9H3. The Morgan fingerprint density at radius 3 is 1.21 bits per heavy atom. The lowest BCUT2D eigenvalue weighted by atomic mass is 9.61. The number of hydrogen-bond acceptors (Lipinski definition) is 26. The minimum Gasteiger partial charge on any atom is -0.488 e. The first-order chi connectivity index (χ1) is 39.6. The molecule has 2 aliphatic rings. The minimum atomic E-state index is -2.05. The van der Waals surface area contributed by atoms with E-state index in [0.29, 0.717) is 16.7 Å². The first kappa shape index (κ1) is 64.0. The fraction of sp³-hybridized carbons (Fsp3) is 0.375. The summed E-state index contributed by atoms with van der Waals surface area (Å²) in [6, 6.07) is 13.2. The Hall–Kier alpha value is -9.17. The molecule has 1 aliphatic heterocycles. The number of aryl methyl sites for hydroxylation is 1. The molecule has 0 saturated heterocycles. The zero-order chi connectivity index (χ0) is 61.8.